The minimum atomic E-state index is -0.500. The van der Waals surface area contributed by atoms with Gasteiger partial charge >= 0.3 is 0 Å². The van der Waals surface area contributed by atoms with E-state index in [2.05, 4.69) is 79.9 Å². The van der Waals surface area contributed by atoms with Gasteiger partial charge in [0.05, 0.1) is 13.3 Å². The van der Waals surface area contributed by atoms with Crippen LogP contribution in [0.2, 0.25) is 0 Å². The molecule has 552 valence electrons. The second kappa shape index (κ2) is 40.8. The molecule has 0 aliphatic carbocycles. The zero-order valence-electron chi connectivity index (χ0n) is 60.4. The average Bonchev–Trinajstić information content (AvgIpc) is 1.65. The lowest BCUT2D eigenvalue weighted by molar-refractivity contribution is -0.133. The molecule has 3 fully saturated rings. The third-order valence-corrected chi connectivity index (χ3v) is 18.9. The van der Waals surface area contributed by atoms with E-state index in [0.717, 1.165) is 144 Å². The van der Waals surface area contributed by atoms with Gasteiger partial charge in [0, 0.05) is 137 Å². The fourth-order valence-electron chi connectivity index (χ4n) is 13.0. The first kappa shape index (κ1) is 76.0. The van der Waals surface area contributed by atoms with E-state index in [1.807, 2.05) is 203 Å². The Morgan fingerprint density at radius 3 is 1.29 bits per heavy atom. The van der Waals surface area contributed by atoms with Crippen LogP contribution in [-0.2, 0) is 53.6 Å². The Labute approximate surface area is 621 Å². The number of benzene rings is 9. The third kappa shape index (κ3) is 23.4. The van der Waals surface area contributed by atoms with Gasteiger partial charge in [0.2, 0.25) is 11.8 Å². The number of ether oxygens (including phenoxy) is 5. The number of alkyl halides is 3. The summed E-state index contributed by atoms with van der Waals surface area (Å²) in [7, 11) is 0. The highest BCUT2D eigenvalue weighted by atomic mass is 19.1. The van der Waals surface area contributed by atoms with E-state index in [9.17, 15) is 27.6 Å². The van der Waals surface area contributed by atoms with Crippen molar-refractivity contribution in [3.05, 3.63) is 282 Å². The minimum Gasteiger partial charge on any atom is -0.491 e. The van der Waals surface area contributed by atoms with E-state index in [1.54, 1.807) is 6.08 Å². The van der Waals surface area contributed by atoms with Gasteiger partial charge in [-0.1, -0.05) is 133 Å². The number of fused-ring (bicyclic) bond motifs is 1. The molecule has 3 amide bonds. The fourth-order valence-corrected chi connectivity index (χ4v) is 13.0. The number of nitrogens with zero attached hydrogens (tertiary/aromatic N) is 7. The molecule has 0 radical (unpaired) electrons. The summed E-state index contributed by atoms with van der Waals surface area (Å²) < 4.78 is 68.0. The van der Waals surface area contributed by atoms with Gasteiger partial charge in [-0.15, -0.1) is 0 Å². The maximum absolute atomic E-state index is 12.9. The Kier molecular flexibility index (Phi) is 29.2. The van der Waals surface area contributed by atoms with Gasteiger partial charge in [-0.25, -0.2) is 4.39 Å². The largest absolute Gasteiger partial charge is 0.491 e. The maximum Gasteiger partial charge on any atom is 0.260 e. The molecule has 0 saturated carbocycles. The summed E-state index contributed by atoms with van der Waals surface area (Å²) >= 11 is 0. The lowest BCUT2D eigenvalue weighted by atomic mass is 10.1. The normalized spacial score (nSPS) is 13.7. The molecule has 10 aromatic rings. The molecular weight excluding hydrogens is 1340 g/mol. The summed E-state index contributed by atoms with van der Waals surface area (Å²) in [6, 6.07) is 78.1. The fraction of sp³-hybridized carbons (Fsp3) is 0.307. The van der Waals surface area contributed by atoms with Gasteiger partial charge < -0.3 is 57.7 Å². The van der Waals surface area contributed by atoms with Crippen LogP contribution in [0.25, 0.3) is 17.0 Å². The highest BCUT2D eigenvalue weighted by Gasteiger charge is 2.25. The van der Waals surface area contributed by atoms with Crippen molar-refractivity contribution >= 4 is 51.8 Å². The molecule has 106 heavy (non-hydrogen) atoms. The molecule has 0 unspecified atom stereocenters. The zero-order chi connectivity index (χ0) is 73.3. The van der Waals surface area contributed by atoms with Crippen LogP contribution in [0.15, 0.2) is 249 Å². The number of anilines is 3. The Morgan fingerprint density at radius 1 is 0.368 bits per heavy atom. The van der Waals surface area contributed by atoms with Crippen LogP contribution < -0.4 is 38.4 Å². The van der Waals surface area contributed by atoms with E-state index in [0.29, 0.717) is 89.7 Å². The molecule has 13 rings (SSSR count). The van der Waals surface area contributed by atoms with Gasteiger partial charge in [0.15, 0.2) is 6.61 Å². The number of amides is 3. The molecule has 3 aliphatic rings. The molecule has 18 heteroatoms. The van der Waals surface area contributed by atoms with Gasteiger partial charge in [-0.2, -0.15) is 0 Å². The first-order valence-corrected chi connectivity index (χ1v) is 36.9. The Hall–Kier alpha value is -11.1. The Morgan fingerprint density at radius 2 is 0.802 bits per heavy atom. The number of carbonyl (C=O) groups is 3. The van der Waals surface area contributed by atoms with Crippen LogP contribution in [-0.4, -0.2) is 149 Å². The molecule has 0 bridgehead atoms. The first-order chi connectivity index (χ1) is 52.1. The Bertz CT molecular complexity index is 4280. The molecule has 9 aromatic carbocycles. The van der Waals surface area contributed by atoms with E-state index in [4.69, 9.17) is 23.7 Å². The zero-order valence-corrected chi connectivity index (χ0v) is 60.4. The average molecular weight is 1440 g/mol. The topological polar surface area (TPSA) is 122 Å². The number of piperazine rings is 3. The molecule has 0 spiro atoms. The molecule has 3 aliphatic heterocycles. The molecule has 15 nitrogen and oxygen atoms in total. The predicted molar refractivity (Wildman–Crippen MR) is 417 cm³/mol. The van der Waals surface area contributed by atoms with Crippen LogP contribution in [0.3, 0.4) is 0 Å². The van der Waals surface area contributed by atoms with Crippen molar-refractivity contribution in [2.75, 3.05) is 126 Å². The lowest BCUT2D eigenvalue weighted by Crippen LogP contribution is -2.50. The van der Waals surface area contributed by atoms with Gasteiger partial charge in [-0.05, 0) is 169 Å². The molecular formula is C88H96F3N7O8. The van der Waals surface area contributed by atoms with E-state index in [-0.39, 0.29) is 44.3 Å². The SMILES string of the molecule is O=C(/C=C/c1cn(CCCF)c2ccccc12)N1CCN(c2ccc(OCc3ccccc3)cc2)CC1.O=C(CCCc1cccc(OCCF)c1)N1CCN(c2ccc(OCc3ccccc3)cc2)CC1.O=C(COc1ccc(CCCF)cc1)N1CCN(c2ccc(OCc3ccccc3)cc2)CC1. The van der Waals surface area contributed by atoms with Crippen molar-refractivity contribution in [2.45, 2.75) is 64.9 Å². The molecule has 0 N–H and O–H groups in total. The third-order valence-electron chi connectivity index (χ3n) is 18.9. The highest BCUT2D eigenvalue weighted by Crippen LogP contribution is 2.28. The smallest absolute Gasteiger partial charge is 0.260 e. The van der Waals surface area contributed by atoms with Crippen molar-refractivity contribution in [3.8, 4) is 28.7 Å². The Balaban J connectivity index is 0.000000159. The molecule has 4 heterocycles. The van der Waals surface area contributed by atoms with Gasteiger partial charge in [0.1, 0.15) is 61.8 Å². The van der Waals surface area contributed by atoms with Crippen LogP contribution in [0, 0.1) is 0 Å². The molecule has 0 atom stereocenters. The minimum absolute atomic E-state index is 0.00850. The monoisotopic (exact) mass is 1440 g/mol. The summed E-state index contributed by atoms with van der Waals surface area (Å²) in [4.78, 5) is 50.8. The number of carbonyl (C=O) groups excluding carboxylic acids is 3. The maximum atomic E-state index is 12.9. The van der Waals surface area contributed by atoms with E-state index in [1.165, 1.54) is 0 Å². The van der Waals surface area contributed by atoms with E-state index < -0.39 is 6.67 Å². The molecule has 1 aromatic heterocycles. The second-order valence-electron chi connectivity index (χ2n) is 26.3. The van der Waals surface area contributed by atoms with Crippen molar-refractivity contribution in [2.24, 2.45) is 0 Å². The second-order valence-corrected chi connectivity index (χ2v) is 26.3. The predicted octanol–water partition coefficient (Wildman–Crippen LogP) is 16.1. The van der Waals surface area contributed by atoms with Crippen molar-refractivity contribution in [3.63, 3.8) is 0 Å². The summed E-state index contributed by atoms with van der Waals surface area (Å²) in [5, 5.41) is 1.08. The van der Waals surface area contributed by atoms with Gasteiger partial charge in [-0.3, -0.25) is 23.2 Å². The van der Waals surface area contributed by atoms with Crippen molar-refractivity contribution in [1.29, 1.82) is 0 Å². The van der Waals surface area contributed by atoms with Crippen LogP contribution >= 0.6 is 0 Å². The van der Waals surface area contributed by atoms with E-state index >= 15 is 0 Å². The number of hydrogen-bond donors (Lipinski definition) is 0. The standard InChI is InChI=1S/C31H32FN3O2.C29H33FN2O3.C28H31FN2O3/c32-17-6-18-35-23-26(29-9-4-5-10-30(29)35)11-16-31(36)34-21-19-33(20-22-34)27-12-14-28(15-13-27)37-24-25-7-2-1-3-8-25;30-16-21-34-28-10-4-8-24(22-28)9-5-11-29(33)32-19-17-31(18-20-32)26-12-14-27(15-13-26)35-23-25-6-2-1-3-7-25;29-16-4-7-23-8-12-26(13-9-23)34-22-28(32)31-19-17-30(18-20-31)25-10-14-27(15-11-25)33-21-24-5-2-1-3-6-24/h1-5,7-16,23H,6,17-22,24H2;1-4,6-8,10,12-15,22H,5,9,11,16-21,23H2;1-3,5-6,8-15H,4,7,16-22H2/b16-11+;;. The quantitative estimate of drug-likeness (QED) is 0.0400. The lowest BCUT2D eigenvalue weighted by Gasteiger charge is -2.36. The summed E-state index contributed by atoms with van der Waals surface area (Å²) in [5.41, 5.74) is 11.1. The number of rotatable bonds is 30. The highest BCUT2D eigenvalue weighted by molar-refractivity contribution is 5.96. The number of aryl methyl sites for hydroxylation is 3. The summed E-state index contributed by atoms with van der Waals surface area (Å²) in [5.74, 6) is 4.09. The molecule has 3 saturated heterocycles. The number of aromatic nitrogens is 1. The number of halogens is 3. The van der Waals surface area contributed by atoms with Crippen molar-refractivity contribution < 1.29 is 51.2 Å². The van der Waals surface area contributed by atoms with Crippen LogP contribution in [0.1, 0.15) is 59.1 Å². The summed E-state index contributed by atoms with van der Waals surface area (Å²) in [6.07, 6.45) is 9.40. The number of para-hydroxylation sites is 1. The summed E-state index contributed by atoms with van der Waals surface area (Å²) in [6.45, 7) is 10.1. The van der Waals surface area contributed by atoms with Crippen LogP contribution in [0.5, 0.6) is 28.7 Å². The van der Waals surface area contributed by atoms with Gasteiger partial charge in [0.25, 0.3) is 5.91 Å². The van der Waals surface area contributed by atoms with Crippen molar-refractivity contribution in [1.82, 2.24) is 19.3 Å². The first-order valence-electron chi connectivity index (χ1n) is 36.9. The number of hydrogen-bond acceptors (Lipinski definition) is 11. The van der Waals surface area contributed by atoms with Crippen LogP contribution in [0.4, 0.5) is 30.2 Å².